The van der Waals surface area contributed by atoms with Gasteiger partial charge in [0.25, 0.3) is 0 Å². The molecule has 2 aliphatic rings. The van der Waals surface area contributed by atoms with Crippen LogP contribution in [0, 0.1) is 6.92 Å². The summed E-state index contributed by atoms with van der Waals surface area (Å²) in [5.74, 6) is 1.22. The Morgan fingerprint density at radius 1 is 1.10 bits per heavy atom. The van der Waals surface area contributed by atoms with Crippen molar-refractivity contribution >= 4 is 5.82 Å². The first kappa shape index (κ1) is 14.8. The van der Waals surface area contributed by atoms with E-state index in [1.807, 2.05) is 0 Å². The Labute approximate surface area is 129 Å². The van der Waals surface area contributed by atoms with Crippen LogP contribution in [0.4, 0.5) is 5.82 Å². The lowest BCUT2D eigenvalue weighted by Crippen LogP contribution is -2.32. The molecule has 0 N–H and O–H groups in total. The quantitative estimate of drug-likeness (QED) is 0.840. The van der Waals surface area contributed by atoms with Gasteiger partial charge >= 0.3 is 0 Å². The molecule has 0 bridgehead atoms. The minimum absolute atomic E-state index is 0.576. The van der Waals surface area contributed by atoms with E-state index in [0.29, 0.717) is 12.1 Å². The molecule has 0 aliphatic carbocycles. The van der Waals surface area contributed by atoms with Crippen LogP contribution >= 0.6 is 0 Å². The van der Waals surface area contributed by atoms with Crippen LogP contribution in [0.3, 0.4) is 0 Å². The maximum atomic E-state index is 4.84. The number of likely N-dealkylation sites (tertiary alicyclic amines) is 1. The lowest BCUT2D eigenvalue weighted by Gasteiger charge is -2.31. The van der Waals surface area contributed by atoms with Crippen LogP contribution in [0.25, 0.3) is 0 Å². The van der Waals surface area contributed by atoms with Crippen LogP contribution in [0.15, 0.2) is 12.3 Å². The summed E-state index contributed by atoms with van der Waals surface area (Å²) in [6.45, 7) is 10.4. The SMILES string of the molecule is Cc1cc([C@H]2CCCN2C(C)C)cnc1N1CCCCC1. The van der Waals surface area contributed by atoms with Crippen LogP contribution < -0.4 is 4.90 Å². The van der Waals surface area contributed by atoms with Gasteiger partial charge in [-0.15, -0.1) is 0 Å². The third-order valence-electron chi connectivity index (χ3n) is 5.07. The van der Waals surface area contributed by atoms with Crippen molar-refractivity contribution in [1.29, 1.82) is 0 Å². The normalized spacial score (nSPS) is 24.0. The van der Waals surface area contributed by atoms with E-state index in [9.17, 15) is 0 Å². The summed E-state index contributed by atoms with van der Waals surface area (Å²) in [6.07, 6.45) is 8.73. The standard InChI is InChI=1S/C18H29N3/c1-14(2)21-11-7-8-17(21)16-12-15(3)18(19-13-16)20-9-5-4-6-10-20/h12-14,17H,4-11H2,1-3H3/t17-/m1/s1. The van der Waals surface area contributed by atoms with Gasteiger partial charge in [-0.05, 0) is 76.6 Å². The van der Waals surface area contributed by atoms with Crippen LogP contribution in [-0.4, -0.2) is 35.6 Å². The molecule has 2 fully saturated rings. The van der Waals surface area contributed by atoms with Crippen molar-refractivity contribution in [1.82, 2.24) is 9.88 Å². The summed E-state index contributed by atoms with van der Waals surface area (Å²) in [4.78, 5) is 9.93. The van der Waals surface area contributed by atoms with Gasteiger partial charge in [-0.2, -0.15) is 0 Å². The minimum Gasteiger partial charge on any atom is -0.356 e. The summed E-state index contributed by atoms with van der Waals surface area (Å²) in [7, 11) is 0. The average molecular weight is 287 g/mol. The van der Waals surface area contributed by atoms with Crippen molar-refractivity contribution in [3.63, 3.8) is 0 Å². The van der Waals surface area contributed by atoms with Gasteiger partial charge in [0.15, 0.2) is 0 Å². The first-order chi connectivity index (χ1) is 10.2. The molecule has 0 radical (unpaired) electrons. The summed E-state index contributed by atoms with van der Waals surface area (Å²) in [6, 6.07) is 3.59. The van der Waals surface area contributed by atoms with E-state index in [4.69, 9.17) is 4.98 Å². The Balaban J connectivity index is 1.80. The molecule has 3 heteroatoms. The molecule has 116 valence electrons. The van der Waals surface area contributed by atoms with Gasteiger partial charge in [0, 0.05) is 31.4 Å². The topological polar surface area (TPSA) is 19.4 Å². The lowest BCUT2D eigenvalue weighted by molar-refractivity contribution is 0.205. The highest BCUT2D eigenvalue weighted by molar-refractivity contribution is 5.48. The third kappa shape index (κ3) is 3.08. The second-order valence-electron chi connectivity index (χ2n) is 6.95. The number of nitrogens with zero attached hydrogens (tertiary/aromatic N) is 3. The zero-order valence-corrected chi connectivity index (χ0v) is 13.8. The molecule has 2 saturated heterocycles. The highest BCUT2D eigenvalue weighted by atomic mass is 15.2. The van der Waals surface area contributed by atoms with Crippen molar-refractivity contribution in [2.75, 3.05) is 24.5 Å². The summed E-state index contributed by atoms with van der Waals surface area (Å²) < 4.78 is 0. The van der Waals surface area contributed by atoms with Crippen LogP contribution in [-0.2, 0) is 0 Å². The number of aryl methyl sites for hydroxylation is 1. The van der Waals surface area contributed by atoms with E-state index < -0.39 is 0 Å². The smallest absolute Gasteiger partial charge is 0.131 e. The molecule has 21 heavy (non-hydrogen) atoms. The molecule has 3 heterocycles. The number of hydrogen-bond acceptors (Lipinski definition) is 3. The zero-order chi connectivity index (χ0) is 14.8. The second kappa shape index (κ2) is 6.35. The van der Waals surface area contributed by atoms with Gasteiger partial charge in [-0.1, -0.05) is 0 Å². The van der Waals surface area contributed by atoms with Crippen molar-refractivity contribution < 1.29 is 0 Å². The fourth-order valence-corrected chi connectivity index (χ4v) is 3.97. The van der Waals surface area contributed by atoms with Gasteiger partial charge in [0.1, 0.15) is 5.82 Å². The zero-order valence-electron chi connectivity index (χ0n) is 13.8. The van der Waals surface area contributed by atoms with E-state index in [-0.39, 0.29) is 0 Å². The van der Waals surface area contributed by atoms with Crippen molar-refractivity contribution in [3.8, 4) is 0 Å². The molecule has 0 unspecified atom stereocenters. The van der Waals surface area contributed by atoms with Crippen molar-refractivity contribution in [3.05, 3.63) is 23.4 Å². The van der Waals surface area contributed by atoms with Gasteiger partial charge in [-0.3, -0.25) is 4.90 Å². The number of anilines is 1. The Morgan fingerprint density at radius 3 is 2.52 bits per heavy atom. The van der Waals surface area contributed by atoms with Gasteiger partial charge in [0.05, 0.1) is 0 Å². The van der Waals surface area contributed by atoms with Crippen molar-refractivity contribution in [2.45, 2.75) is 65.0 Å². The number of rotatable bonds is 3. The molecule has 1 atom stereocenters. The summed E-state index contributed by atoms with van der Waals surface area (Å²) in [5.41, 5.74) is 2.77. The molecule has 0 saturated carbocycles. The maximum absolute atomic E-state index is 4.84. The lowest BCUT2D eigenvalue weighted by atomic mass is 10.0. The predicted molar refractivity (Wildman–Crippen MR) is 88.9 cm³/mol. The van der Waals surface area contributed by atoms with E-state index >= 15 is 0 Å². The van der Waals surface area contributed by atoms with E-state index in [1.165, 1.54) is 68.7 Å². The van der Waals surface area contributed by atoms with Gasteiger partial charge < -0.3 is 4.90 Å². The highest BCUT2D eigenvalue weighted by Gasteiger charge is 2.28. The minimum atomic E-state index is 0.576. The van der Waals surface area contributed by atoms with Gasteiger partial charge in [0.2, 0.25) is 0 Å². The molecule has 1 aromatic rings. The van der Waals surface area contributed by atoms with E-state index in [2.05, 4.69) is 42.8 Å². The Morgan fingerprint density at radius 2 is 1.86 bits per heavy atom. The Bertz CT molecular complexity index is 477. The monoisotopic (exact) mass is 287 g/mol. The predicted octanol–water partition coefficient (Wildman–Crippen LogP) is 3.93. The molecule has 1 aromatic heterocycles. The van der Waals surface area contributed by atoms with Crippen LogP contribution in [0.2, 0.25) is 0 Å². The van der Waals surface area contributed by atoms with E-state index in [1.54, 1.807) is 0 Å². The number of hydrogen-bond donors (Lipinski definition) is 0. The number of pyridine rings is 1. The Kier molecular flexibility index (Phi) is 4.48. The number of piperidine rings is 1. The summed E-state index contributed by atoms with van der Waals surface area (Å²) >= 11 is 0. The van der Waals surface area contributed by atoms with Crippen LogP contribution in [0.1, 0.15) is 63.1 Å². The molecular weight excluding hydrogens is 258 g/mol. The van der Waals surface area contributed by atoms with Crippen molar-refractivity contribution in [2.24, 2.45) is 0 Å². The first-order valence-corrected chi connectivity index (χ1v) is 8.64. The van der Waals surface area contributed by atoms with Gasteiger partial charge in [-0.25, -0.2) is 4.98 Å². The summed E-state index contributed by atoms with van der Waals surface area (Å²) in [5, 5.41) is 0. The third-order valence-corrected chi connectivity index (χ3v) is 5.07. The molecule has 0 spiro atoms. The maximum Gasteiger partial charge on any atom is 0.131 e. The highest BCUT2D eigenvalue weighted by Crippen LogP contribution is 2.34. The molecular formula is C18H29N3. The van der Waals surface area contributed by atoms with Crippen LogP contribution in [0.5, 0.6) is 0 Å². The first-order valence-electron chi connectivity index (χ1n) is 8.64. The molecule has 0 amide bonds. The second-order valence-corrected chi connectivity index (χ2v) is 6.95. The molecule has 3 nitrogen and oxygen atoms in total. The number of aromatic nitrogens is 1. The fourth-order valence-electron chi connectivity index (χ4n) is 3.97. The largest absolute Gasteiger partial charge is 0.356 e. The fraction of sp³-hybridized carbons (Fsp3) is 0.722. The Hall–Kier alpha value is -1.09. The average Bonchev–Trinajstić information content (AvgIpc) is 2.97. The molecule has 0 aromatic carbocycles. The van der Waals surface area contributed by atoms with E-state index in [0.717, 1.165) is 0 Å². The molecule has 3 rings (SSSR count). The molecule has 2 aliphatic heterocycles.